The molecule has 1 fully saturated rings. The Kier molecular flexibility index (Phi) is 5.21. The molecule has 0 spiro atoms. The van der Waals surface area contributed by atoms with E-state index in [9.17, 15) is 4.79 Å². The van der Waals surface area contributed by atoms with Crippen LogP contribution in [0.3, 0.4) is 0 Å². The lowest BCUT2D eigenvalue weighted by atomic mass is 9.95. The van der Waals surface area contributed by atoms with Crippen LogP contribution in [0, 0.1) is 6.92 Å². The first-order valence-corrected chi connectivity index (χ1v) is 11.6. The monoisotopic (exact) mass is 408 g/mol. The second-order valence-electron chi connectivity index (χ2n) is 9.17. The molecule has 2 aromatic heterocycles. The fourth-order valence-corrected chi connectivity index (χ4v) is 5.35. The van der Waals surface area contributed by atoms with Crippen LogP contribution >= 0.6 is 0 Å². The topological polar surface area (TPSA) is 78.0 Å². The van der Waals surface area contributed by atoms with Gasteiger partial charge >= 0.3 is 0 Å². The van der Waals surface area contributed by atoms with Crippen molar-refractivity contribution in [1.29, 1.82) is 0 Å². The van der Waals surface area contributed by atoms with Crippen LogP contribution in [0.5, 0.6) is 0 Å². The average Bonchev–Trinajstić information content (AvgIpc) is 3.02. The summed E-state index contributed by atoms with van der Waals surface area (Å²) >= 11 is 0. The molecule has 1 aliphatic carbocycles. The smallest absolute Gasteiger partial charge is 0.274 e. The summed E-state index contributed by atoms with van der Waals surface area (Å²) in [6.45, 7) is 4.62. The average molecular weight is 409 g/mol. The summed E-state index contributed by atoms with van der Waals surface area (Å²) in [5.41, 5.74) is 5.36. The molecule has 0 radical (unpaired) electrons. The van der Waals surface area contributed by atoms with Gasteiger partial charge in [-0.2, -0.15) is 5.10 Å². The zero-order valence-corrected chi connectivity index (χ0v) is 18.2. The van der Waals surface area contributed by atoms with Gasteiger partial charge in [0, 0.05) is 55.1 Å². The third kappa shape index (κ3) is 3.48. The van der Waals surface area contributed by atoms with Gasteiger partial charge in [0.15, 0.2) is 5.69 Å². The molecule has 2 aliphatic heterocycles. The minimum atomic E-state index is 0.0749. The maximum Gasteiger partial charge on any atom is 0.274 e. The van der Waals surface area contributed by atoms with E-state index < -0.39 is 0 Å². The third-order valence-corrected chi connectivity index (χ3v) is 7.07. The highest BCUT2D eigenvalue weighted by Crippen LogP contribution is 2.32. The molecular weight excluding hydrogens is 376 g/mol. The van der Waals surface area contributed by atoms with Gasteiger partial charge in [-0.05, 0) is 58.3 Å². The van der Waals surface area contributed by atoms with Crippen molar-refractivity contribution in [3.8, 4) is 0 Å². The van der Waals surface area contributed by atoms with Gasteiger partial charge in [-0.15, -0.1) is 0 Å². The molecule has 7 nitrogen and oxygen atoms in total. The summed E-state index contributed by atoms with van der Waals surface area (Å²) < 4.78 is 0. The van der Waals surface area contributed by atoms with Crippen LogP contribution in [0.2, 0.25) is 0 Å². The number of nitrogens with zero attached hydrogens (tertiary/aromatic N) is 5. The molecule has 2 aromatic rings. The zero-order chi connectivity index (χ0) is 20.7. The predicted octanol–water partition coefficient (Wildman–Crippen LogP) is 3.18. The maximum atomic E-state index is 13.4. The zero-order valence-electron chi connectivity index (χ0n) is 18.2. The molecule has 1 unspecified atom stereocenters. The van der Waals surface area contributed by atoms with Gasteiger partial charge in [0.2, 0.25) is 0 Å². The lowest BCUT2D eigenvalue weighted by Crippen LogP contribution is -2.40. The van der Waals surface area contributed by atoms with Crippen LogP contribution in [-0.4, -0.2) is 57.7 Å². The molecule has 30 heavy (non-hydrogen) atoms. The summed E-state index contributed by atoms with van der Waals surface area (Å²) in [5.74, 6) is 2.26. The highest BCUT2D eigenvalue weighted by molar-refractivity contribution is 5.94. The number of amides is 1. The first-order valence-electron chi connectivity index (χ1n) is 11.6. The van der Waals surface area contributed by atoms with Crippen LogP contribution in [0.1, 0.15) is 83.3 Å². The SMILES string of the molecule is Cc1nc(C2CCCN(C(=O)c3n[nH]c4c3CCCCC4)C2)nc2c1CCCN2C. The van der Waals surface area contributed by atoms with E-state index in [1.165, 1.54) is 24.1 Å². The lowest BCUT2D eigenvalue weighted by Gasteiger charge is -2.33. The first-order chi connectivity index (χ1) is 14.6. The second kappa shape index (κ2) is 8.00. The number of anilines is 1. The largest absolute Gasteiger partial charge is 0.359 e. The number of likely N-dealkylation sites (tertiary alicyclic amines) is 1. The van der Waals surface area contributed by atoms with Gasteiger partial charge in [0.25, 0.3) is 5.91 Å². The van der Waals surface area contributed by atoms with Gasteiger partial charge in [0.1, 0.15) is 11.6 Å². The molecule has 5 rings (SSSR count). The summed E-state index contributed by atoms with van der Waals surface area (Å²) in [7, 11) is 2.12. The van der Waals surface area contributed by atoms with Crippen molar-refractivity contribution in [2.75, 3.05) is 31.6 Å². The number of carbonyl (C=O) groups excluding carboxylic acids is 1. The normalized spacial score (nSPS) is 21.7. The maximum absolute atomic E-state index is 13.4. The Morgan fingerprint density at radius 3 is 2.73 bits per heavy atom. The van der Waals surface area contributed by atoms with Crippen molar-refractivity contribution in [2.24, 2.45) is 0 Å². The van der Waals surface area contributed by atoms with E-state index in [0.29, 0.717) is 12.2 Å². The summed E-state index contributed by atoms with van der Waals surface area (Å²) in [6, 6.07) is 0. The molecule has 3 aliphatic rings. The molecular formula is C23H32N6O. The highest BCUT2D eigenvalue weighted by Gasteiger charge is 2.31. The van der Waals surface area contributed by atoms with E-state index in [2.05, 4.69) is 29.1 Å². The van der Waals surface area contributed by atoms with Crippen LogP contribution < -0.4 is 4.90 Å². The summed E-state index contributed by atoms with van der Waals surface area (Å²) in [4.78, 5) is 27.5. The van der Waals surface area contributed by atoms with Gasteiger partial charge in [-0.25, -0.2) is 9.97 Å². The fraction of sp³-hybridized carbons (Fsp3) is 0.652. The molecule has 160 valence electrons. The van der Waals surface area contributed by atoms with Gasteiger partial charge in [-0.1, -0.05) is 6.42 Å². The van der Waals surface area contributed by atoms with Crippen molar-refractivity contribution >= 4 is 11.7 Å². The number of aromatic amines is 1. The molecule has 7 heteroatoms. The minimum absolute atomic E-state index is 0.0749. The number of H-pyrrole nitrogens is 1. The highest BCUT2D eigenvalue weighted by atomic mass is 16.2. The predicted molar refractivity (Wildman–Crippen MR) is 116 cm³/mol. The Morgan fingerprint density at radius 1 is 1.00 bits per heavy atom. The molecule has 4 heterocycles. The molecule has 1 atom stereocenters. The number of nitrogens with one attached hydrogen (secondary N) is 1. The number of carbonyl (C=O) groups is 1. The number of hydrogen-bond acceptors (Lipinski definition) is 5. The standard InChI is InChI=1S/C23H32N6O/c1-15-17-10-7-12-28(2)22(17)25-21(24-15)16-8-6-13-29(14-16)23(30)20-18-9-4-3-5-11-19(18)26-27-20/h16H,3-14H2,1-2H3,(H,26,27). The van der Waals surface area contributed by atoms with E-state index in [1.807, 2.05) is 4.90 Å². The molecule has 0 aromatic carbocycles. The van der Waals surface area contributed by atoms with Crippen molar-refractivity contribution in [2.45, 2.75) is 70.6 Å². The van der Waals surface area contributed by atoms with Crippen LogP contribution in [-0.2, 0) is 19.3 Å². The Balaban J connectivity index is 1.38. The van der Waals surface area contributed by atoms with Gasteiger partial charge in [-0.3, -0.25) is 9.89 Å². The summed E-state index contributed by atoms with van der Waals surface area (Å²) in [5, 5.41) is 7.59. The van der Waals surface area contributed by atoms with Gasteiger partial charge in [0.05, 0.1) is 0 Å². The van der Waals surface area contributed by atoms with E-state index in [4.69, 9.17) is 9.97 Å². The molecule has 0 saturated carbocycles. The van der Waals surface area contributed by atoms with E-state index in [0.717, 1.165) is 80.9 Å². The van der Waals surface area contributed by atoms with Gasteiger partial charge < -0.3 is 9.80 Å². The van der Waals surface area contributed by atoms with Crippen LogP contribution in [0.15, 0.2) is 0 Å². The quantitative estimate of drug-likeness (QED) is 0.772. The van der Waals surface area contributed by atoms with E-state index in [-0.39, 0.29) is 11.8 Å². The minimum Gasteiger partial charge on any atom is -0.359 e. The van der Waals surface area contributed by atoms with E-state index in [1.54, 1.807) is 0 Å². The number of aryl methyl sites for hydroxylation is 2. The van der Waals surface area contributed by atoms with Crippen LogP contribution in [0.25, 0.3) is 0 Å². The number of fused-ring (bicyclic) bond motifs is 2. The Bertz CT molecular complexity index is 951. The molecule has 1 N–H and O–H groups in total. The van der Waals surface area contributed by atoms with Crippen molar-refractivity contribution in [3.63, 3.8) is 0 Å². The van der Waals surface area contributed by atoms with Crippen LogP contribution in [0.4, 0.5) is 5.82 Å². The second-order valence-corrected chi connectivity index (χ2v) is 9.17. The number of hydrogen-bond donors (Lipinski definition) is 1. The van der Waals surface area contributed by atoms with Crippen molar-refractivity contribution in [1.82, 2.24) is 25.1 Å². The van der Waals surface area contributed by atoms with E-state index >= 15 is 0 Å². The number of piperidine rings is 1. The fourth-order valence-electron chi connectivity index (χ4n) is 5.35. The molecule has 1 saturated heterocycles. The summed E-state index contributed by atoms with van der Waals surface area (Å²) in [6.07, 6.45) is 9.76. The van der Waals surface area contributed by atoms with Crippen molar-refractivity contribution in [3.05, 3.63) is 34.0 Å². The number of aromatic nitrogens is 4. The first kappa shape index (κ1) is 19.5. The molecule has 0 bridgehead atoms. The third-order valence-electron chi connectivity index (χ3n) is 7.07. The lowest BCUT2D eigenvalue weighted by molar-refractivity contribution is 0.0697. The Hall–Kier alpha value is -2.44. The Labute approximate surface area is 178 Å². The molecule has 1 amide bonds. The van der Waals surface area contributed by atoms with Crippen molar-refractivity contribution < 1.29 is 4.79 Å². The Morgan fingerprint density at radius 2 is 1.83 bits per heavy atom. The number of rotatable bonds is 2.